The van der Waals surface area contributed by atoms with Gasteiger partial charge in [-0.3, -0.25) is 4.98 Å². The van der Waals surface area contributed by atoms with Gasteiger partial charge in [0.25, 0.3) is 0 Å². The Balaban J connectivity index is 2.10. The first-order valence-electron chi connectivity index (χ1n) is 6.24. The number of aliphatic hydroxyl groups is 2. The minimum Gasteiger partial charge on any atom is -0.456 e. The monoisotopic (exact) mass is 259 g/mol. The van der Waals surface area contributed by atoms with E-state index in [0.717, 1.165) is 5.56 Å². The third-order valence-electron chi connectivity index (χ3n) is 2.80. The molecule has 19 heavy (non-hydrogen) atoms. The van der Waals surface area contributed by atoms with Crippen LogP contribution in [0.3, 0.4) is 0 Å². The molecule has 0 aliphatic heterocycles. The highest BCUT2D eigenvalue weighted by Crippen LogP contribution is 2.23. The molecule has 1 aromatic heterocycles. The molecule has 0 radical (unpaired) electrons. The van der Waals surface area contributed by atoms with E-state index in [4.69, 9.17) is 9.84 Å². The molecule has 0 aliphatic rings. The van der Waals surface area contributed by atoms with Gasteiger partial charge in [-0.1, -0.05) is 19.1 Å². The molecule has 1 aromatic carbocycles. The number of rotatable bonds is 5. The molecule has 0 fully saturated rings. The summed E-state index contributed by atoms with van der Waals surface area (Å²) in [5.41, 5.74) is 1.43. The maximum atomic E-state index is 9.65. The summed E-state index contributed by atoms with van der Waals surface area (Å²) in [6.07, 6.45) is 1.68. The molecule has 0 amide bonds. The van der Waals surface area contributed by atoms with Crippen LogP contribution in [-0.4, -0.2) is 15.2 Å². The van der Waals surface area contributed by atoms with E-state index < -0.39 is 6.10 Å². The van der Waals surface area contributed by atoms with Crippen molar-refractivity contribution in [3.05, 3.63) is 53.9 Å². The van der Waals surface area contributed by atoms with Gasteiger partial charge in [0.1, 0.15) is 11.5 Å². The Morgan fingerprint density at radius 3 is 2.68 bits per heavy atom. The minimum atomic E-state index is -0.535. The Kier molecular flexibility index (Phi) is 4.49. The number of ether oxygens (including phenoxy) is 1. The van der Waals surface area contributed by atoms with Crippen LogP contribution in [-0.2, 0) is 6.61 Å². The Morgan fingerprint density at radius 1 is 1.21 bits per heavy atom. The van der Waals surface area contributed by atoms with Crippen molar-refractivity contribution in [3.8, 4) is 11.5 Å². The predicted molar refractivity (Wildman–Crippen MR) is 71.9 cm³/mol. The molecule has 100 valence electrons. The number of hydrogen-bond acceptors (Lipinski definition) is 4. The van der Waals surface area contributed by atoms with E-state index in [1.54, 1.807) is 24.4 Å². The minimum absolute atomic E-state index is 0.0168. The predicted octanol–water partition coefficient (Wildman–Crippen LogP) is 2.81. The molecular weight excluding hydrogens is 242 g/mol. The molecule has 0 saturated carbocycles. The van der Waals surface area contributed by atoms with Crippen molar-refractivity contribution in [3.63, 3.8) is 0 Å². The largest absolute Gasteiger partial charge is 0.456 e. The second-order valence-electron chi connectivity index (χ2n) is 4.25. The normalized spacial score (nSPS) is 12.2. The van der Waals surface area contributed by atoms with Crippen molar-refractivity contribution in [2.24, 2.45) is 0 Å². The highest BCUT2D eigenvalue weighted by atomic mass is 16.5. The van der Waals surface area contributed by atoms with Gasteiger partial charge in [-0.15, -0.1) is 0 Å². The van der Waals surface area contributed by atoms with E-state index >= 15 is 0 Å². The Hall–Kier alpha value is -1.91. The third-order valence-corrected chi connectivity index (χ3v) is 2.80. The summed E-state index contributed by atoms with van der Waals surface area (Å²) in [4.78, 5) is 4.16. The van der Waals surface area contributed by atoms with E-state index in [1.165, 1.54) is 0 Å². The van der Waals surface area contributed by atoms with E-state index in [-0.39, 0.29) is 6.61 Å². The van der Waals surface area contributed by atoms with Crippen LogP contribution >= 0.6 is 0 Å². The van der Waals surface area contributed by atoms with Crippen LogP contribution in [0.5, 0.6) is 11.5 Å². The zero-order chi connectivity index (χ0) is 13.7. The zero-order valence-electron chi connectivity index (χ0n) is 10.8. The van der Waals surface area contributed by atoms with Crippen molar-refractivity contribution in [2.45, 2.75) is 26.1 Å². The molecule has 0 spiro atoms. The SMILES string of the molecule is CC[C@@H](O)c1ccc(Oc2cccc(CO)c2)cn1. The first kappa shape index (κ1) is 13.5. The van der Waals surface area contributed by atoms with E-state index in [9.17, 15) is 5.11 Å². The number of benzene rings is 1. The molecule has 2 rings (SSSR count). The lowest BCUT2D eigenvalue weighted by atomic mass is 10.2. The van der Waals surface area contributed by atoms with Gasteiger partial charge in [0.15, 0.2) is 0 Å². The summed E-state index contributed by atoms with van der Waals surface area (Å²) < 4.78 is 5.63. The smallest absolute Gasteiger partial charge is 0.145 e. The summed E-state index contributed by atoms with van der Waals surface area (Å²) in [6.45, 7) is 1.88. The van der Waals surface area contributed by atoms with Gasteiger partial charge >= 0.3 is 0 Å². The second kappa shape index (κ2) is 6.31. The standard InChI is InChI=1S/C15H17NO3/c1-2-15(18)14-7-6-13(9-16-14)19-12-5-3-4-11(8-12)10-17/h3-9,15,17-18H,2,10H2,1H3/t15-/m1/s1. The number of pyridine rings is 1. The van der Waals surface area contributed by atoms with Crippen LogP contribution in [0, 0.1) is 0 Å². The molecule has 0 bridgehead atoms. The van der Waals surface area contributed by atoms with Crippen molar-refractivity contribution in [1.82, 2.24) is 4.98 Å². The molecule has 4 heteroatoms. The fraction of sp³-hybridized carbons (Fsp3) is 0.267. The van der Waals surface area contributed by atoms with Crippen molar-refractivity contribution in [2.75, 3.05) is 0 Å². The highest BCUT2D eigenvalue weighted by molar-refractivity contribution is 5.33. The van der Waals surface area contributed by atoms with Gasteiger partial charge in [0, 0.05) is 0 Å². The molecule has 1 heterocycles. The Bertz CT molecular complexity index is 525. The molecule has 0 saturated heterocycles. The Labute approximate surface area is 112 Å². The van der Waals surface area contributed by atoms with Gasteiger partial charge in [-0.2, -0.15) is 0 Å². The van der Waals surface area contributed by atoms with Crippen LogP contribution < -0.4 is 4.74 Å². The topological polar surface area (TPSA) is 62.6 Å². The van der Waals surface area contributed by atoms with Gasteiger partial charge in [-0.25, -0.2) is 0 Å². The number of aromatic nitrogens is 1. The Morgan fingerprint density at radius 2 is 2.05 bits per heavy atom. The fourth-order valence-electron chi connectivity index (χ4n) is 1.70. The van der Waals surface area contributed by atoms with E-state index in [1.807, 2.05) is 25.1 Å². The van der Waals surface area contributed by atoms with E-state index in [0.29, 0.717) is 23.6 Å². The molecule has 2 aromatic rings. The van der Waals surface area contributed by atoms with E-state index in [2.05, 4.69) is 4.98 Å². The first-order chi connectivity index (χ1) is 9.22. The maximum absolute atomic E-state index is 9.65. The van der Waals surface area contributed by atoms with Crippen LogP contribution in [0.2, 0.25) is 0 Å². The van der Waals surface area contributed by atoms with Crippen LogP contribution in [0.4, 0.5) is 0 Å². The average Bonchev–Trinajstić information content (AvgIpc) is 2.47. The molecular formula is C15H17NO3. The third kappa shape index (κ3) is 3.53. The lowest BCUT2D eigenvalue weighted by Crippen LogP contribution is -1.98. The van der Waals surface area contributed by atoms with Crippen LogP contribution in [0.25, 0.3) is 0 Å². The molecule has 1 atom stereocenters. The molecule has 0 unspecified atom stereocenters. The molecule has 0 aliphatic carbocycles. The lowest BCUT2D eigenvalue weighted by Gasteiger charge is -2.09. The van der Waals surface area contributed by atoms with Gasteiger partial charge < -0.3 is 14.9 Å². The highest BCUT2D eigenvalue weighted by Gasteiger charge is 2.06. The van der Waals surface area contributed by atoms with Crippen LogP contribution in [0.1, 0.15) is 30.7 Å². The number of nitrogens with zero attached hydrogens (tertiary/aromatic N) is 1. The van der Waals surface area contributed by atoms with Crippen molar-refractivity contribution in [1.29, 1.82) is 0 Å². The second-order valence-corrected chi connectivity index (χ2v) is 4.25. The summed E-state index contributed by atoms with van der Waals surface area (Å²) in [5, 5.41) is 18.7. The number of aliphatic hydroxyl groups excluding tert-OH is 2. The van der Waals surface area contributed by atoms with Gasteiger partial charge in [0.05, 0.1) is 24.6 Å². The summed E-state index contributed by atoms with van der Waals surface area (Å²) in [5.74, 6) is 1.25. The van der Waals surface area contributed by atoms with Crippen LogP contribution in [0.15, 0.2) is 42.6 Å². The number of hydrogen-bond donors (Lipinski definition) is 2. The maximum Gasteiger partial charge on any atom is 0.145 e. The summed E-state index contributed by atoms with van der Waals surface area (Å²) in [6, 6.07) is 10.8. The summed E-state index contributed by atoms with van der Waals surface area (Å²) >= 11 is 0. The van der Waals surface area contributed by atoms with Crippen molar-refractivity contribution < 1.29 is 14.9 Å². The first-order valence-corrected chi connectivity index (χ1v) is 6.24. The van der Waals surface area contributed by atoms with Gasteiger partial charge in [-0.05, 0) is 36.2 Å². The fourth-order valence-corrected chi connectivity index (χ4v) is 1.70. The molecule has 2 N–H and O–H groups in total. The lowest BCUT2D eigenvalue weighted by molar-refractivity contribution is 0.169. The van der Waals surface area contributed by atoms with Gasteiger partial charge in [0.2, 0.25) is 0 Å². The summed E-state index contributed by atoms with van der Waals surface area (Å²) in [7, 11) is 0. The quantitative estimate of drug-likeness (QED) is 0.866. The zero-order valence-corrected chi connectivity index (χ0v) is 10.8. The average molecular weight is 259 g/mol. The van der Waals surface area contributed by atoms with Crippen molar-refractivity contribution >= 4 is 0 Å². The molecule has 4 nitrogen and oxygen atoms in total.